The minimum atomic E-state index is -1.18. The third kappa shape index (κ3) is 4.40. The van der Waals surface area contributed by atoms with Crippen LogP contribution in [0.25, 0.3) is 6.08 Å². The third-order valence-electron chi connectivity index (χ3n) is 4.94. The summed E-state index contributed by atoms with van der Waals surface area (Å²) in [6.45, 7) is 2.13. The zero-order valence-electron chi connectivity index (χ0n) is 17.2. The molecule has 1 amide bonds. The zero-order valence-corrected chi connectivity index (χ0v) is 17.9. The molecule has 0 atom stereocenters. The largest absolute Gasteiger partial charge is 0.488 e. The van der Waals surface area contributed by atoms with E-state index < -0.39 is 5.97 Å². The first kappa shape index (κ1) is 21.3. The van der Waals surface area contributed by atoms with E-state index in [-0.39, 0.29) is 16.5 Å². The van der Waals surface area contributed by atoms with Gasteiger partial charge in [0, 0.05) is 5.56 Å². The molecule has 3 aromatic carbocycles. The normalized spacial score (nSPS) is 14.6. The zero-order chi connectivity index (χ0) is 22.7. The lowest BCUT2D eigenvalue weighted by Gasteiger charge is -2.13. The van der Waals surface area contributed by atoms with E-state index in [4.69, 9.17) is 16.3 Å². The molecule has 0 spiro atoms. The summed E-state index contributed by atoms with van der Waals surface area (Å²) in [4.78, 5) is 24.5. The Morgan fingerprint density at radius 1 is 1.09 bits per heavy atom. The molecule has 0 aromatic heterocycles. The Hall–Kier alpha value is -3.90. The predicted molar refractivity (Wildman–Crippen MR) is 124 cm³/mol. The quantitative estimate of drug-likeness (QED) is 0.512. The fourth-order valence-electron chi connectivity index (χ4n) is 3.29. The summed E-state index contributed by atoms with van der Waals surface area (Å²) < 4.78 is 5.98. The molecule has 1 N–H and O–H groups in total. The summed E-state index contributed by atoms with van der Waals surface area (Å²) >= 11 is 5.94. The number of aromatic carboxylic acids is 1. The molecule has 0 unspecified atom stereocenters. The Kier molecular flexibility index (Phi) is 6.05. The van der Waals surface area contributed by atoms with Crippen molar-refractivity contribution >= 4 is 41.0 Å². The van der Waals surface area contributed by atoms with Gasteiger partial charge in [-0.05, 0) is 42.8 Å². The van der Waals surface area contributed by atoms with Gasteiger partial charge in [0.15, 0.2) is 0 Å². The third-order valence-corrected chi connectivity index (χ3v) is 5.27. The highest BCUT2D eigenvalue weighted by Crippen LogP contribution is 2.30. The Morgan fingerprint density at radius 3 is 2.56 bits per heavy atom. The maximum absolute atomic E-state index is 13.1. The minimum absolute atomic E-state index is 0.0915. The second-order valence-electron chi connectivity index (χ2n) is 7.14. The van der Waals surface area contributed by atoms with E-state index in [9.17, 15) is 14.7 Å². The molecule has 1 aliphatic rings. The summed E-state index contributed by atoms with van der Waals surface area (Å²) in [7, 11) is 0. The number of ether oxygens (including phenoxy) is 1. The number of carbonyl (C=O) groups excluding carboxylic acids is 1. The number of carbonyl (C=O) groups is 2. The van der Waals surface area contributed by atoms with Crippen LogP contribution in [0.15, 0.2) is 83.5 Å². The molecule has 1 heterocycles. The molecule has 3 aromatic rings. The first-order valence-electron chi connectivity index (χ1n) is 9.84. The van der Waals surface area contributed by atoms with Crippen LogP contribution in [0.4, 0.5) is 5.69 Å². The highest BCUT2D eigenvalue weighted by Gasteiger charge is 2.29. The van der Waals surface area contributed by atoms with Crippen molar-refractivity contribution in [2.24, 2.45) is 5.10 Å². The molecular formula is C25H19ClN2O4. The number of amides is 1. The van der Waals surface area contributed by atoms with Crippen LogP contribution in [0, 0.1) is 0 Å². The van der Waals surface area contributed by atoms with E-state index in [1.165, 1.54) is 17.1 Å². The average Bonchev–Trinajstić information content (AvgIpc) is 3.07. The van der Waals surface area contributed by atoms with Crippen LogP contribution in [0.1, 0.15) is 28.4 Å². The van der Waals surface area contributed by atoms with Gasteiger partial charge in [-0.3, -0.25) is 4.79 Å². The van der Waals surface area contributed by atoms with Crippen molar-refractivity contribution < 1.29 is 19.4 Å². The smallest absolute Gasteiger partial charge is 0.337 e. The number of benzene rings is 3. The first-order valence-corrected chi connectivity index (χ1v) is 10.2. The summed E-state index contributed by atoms with van der Waals surface area (Å²) in [5.41, 5.74) is 2.92. The standard InChI is InChI=1S/C25H19ClN2O4/c1-16-20(24(29)28(27-16)19-11-12-22(26)21(14-19)25(30)31)13-18-9-5-6-10-23(18)32-15-17-7-3-2-4-8-17/h2-14H,15H2,1H3,(H,30,31). The summed E-state index contributed by atoms with van der Waals surface area (Å²) in [6, 6.07) is 21.6. The predicted octanol–water partition coefficient (Wildman–Crippen LogP) is 5.42. The number of hydrogen-bond acceptors (Lipinski definition) is 4. The van der Waals surface area contributed by atoms with Gasteiger partial charge in [-0.15, -0.1) is 0 Å². The molecule has 32 heavy (non-hydrogen) atoms. The van der Waals surface area contributed by atoms with Crippen LogP contribution in [0.3, 0.4) is 0 Å². The topological polar surface area (TPSA) is 79.2 Å². The molecule has 0 aliphatic carbocycles. The lowest BCUT2D eigenvalue weighted by atomic mass is 10.1. The SMILES string of the molecule is CC1=NN(c2ccc(Cl)c(C(=O)O)c2)C(=O)C1=Cc1ccccc1OCc1ccccc1. The van der Waals surface area contributed by atoms with E-state index in [1.807, 2.05) is 54.6 Å². The number of hydrazone groups is 1. The molecule has 0 saturated carbocycles. The van der Waals surface area contributed by atoms with Crippen molar-refractivity contribution in [3.63, 3.8) is 0 Å². The van der Waals surface area contributed by atoms with Crippen molar-refractivity contribution in [1.29, 1.82) is 0 Å². The maximum atomic E-state index is 13.1. The number of halogens is 1. The van der Waals surface area contributed by atoms with Gasteiger partial charge in [-0.2, -0.15) is 10.1 Å². The number of nitrogens with zero attached hydrogens (tertiary/aromatic N) is 2. The van der Waals surface area contributed by atoms with Gasteiger partial charge in [0.25, 0.3) is 5.91 Å². The van der Waals surface area contributed by atoms with E-state index in [1.54, 1.807) is 19.1 Å². The molecule has 6 nitrogen and oxygen atoms in total. The molecule has 160 valence electrons. The van der Waals surface area contributed by atoms with Crippen molar-refractivity contribution in [1.82, 2.24) is 0 Å². The Labute approximate surface area is 190 Å². The lowest BCUT2D eigenvalue weighted by molar-refractivity contribution is -0.114. The van der Waals surface area contributed by atoms with Crippen LogP contribution in [0.2, 0.25) is 5.02 Å². The first-order chi connectivity index (χ1) is 15.4. The van der Waals surface area contributed by atoms with Crippen molar-refractivity contribution in [3.8, 4) is 5.75 Å². The highest BCUT2D eigenvalue weighted by molar-refractivity contribution is 6.34. The average molecular weight is 447 g/mol. The van der Waals surface area contributed by atoms with Crippen molar-refractivity contribution in [2.75, 3.05) is 5.01 Å². The monoisotopic (exact) mass is 446 g/mol. The van der Waals surface area contributed by atoms with Crippen LogP contribution in [-0.2, 0) is 11.4 Å². The van der Waals surface area contributed by atoms with Gasteiger partial charge in [-0.25, -0.2) is 4.79 Å². The van der Waals surface area contributed by atoms with Crippen LogP contribution in [-0.4, -0.2) is 22.7 Å². The van der Waals surface area contributed by atoms with Gasteiger partial charge >= 0.3 is 5.97 Å². The second kappa shape index (κ2) is 9.08. The molecule has 1 aliphatic heterocycles. The van der Waals surface area contributed by atoms with Gasteiger partial charge in [0.05, 0.1) is 27.6 Å². The molecule has 0 radical (unpaired) electrons. The fraction of sp³-hybridized carbons (Fsp3) is 0.0800. The number of hydrogen-bond donors (Lipinski definition) is 1. The summed E-state index contributed by atoms with van der Waals surface area (Å²) in [5, 5.41) is 14.9. The van der Waals surface area contributed by atoms with Gasteiger partial charge in [-0.1, -0.05) is 60.1 Å². The van der Waals surface area contributed by atoms with E-state index >= 15 is 0 Å². The fourth-order valence-corrected chi connectivity index (χ4v) is 3.49. The van der Waals surface area contributed by atoms with E-state index in [2.05, 4.69) is 5.10 Å². The number of carboxylic acids is 1. The van der Waals surface area contributed by atoms with Crippen LogP contribution in [0.5, 0.6) is 5.75 Å². The van der Waals surface area contributed by atoms with Crippen LogP contribution < -0.4 is 9.75 Å². The van der Waals surface area contributed by atoms with Gasteiger partial charge in [0.2, 0.25) is 0 Å². The molecular weight excluding hydrogens is 428 g/mol. The lowest BCUT2D eigenvalue weighted by Crippen LogP contribution is -2.21. The van der Waals surface area contributed by atoms with Gasteiger partial charge < -0.3 is 9.84 Å². The Balaban J connectivity index is 1.61. The number of carboxylic acid groups (broad SMARTS) is 1. The van der Waals surface area contributed by atoms with Crippen molar-refractivity contribution in [3.05, 3.63) is 100 Å². The van der Waals surface area contributed by atoms with E-state index in [0.717, 1.165) is 11.1 Å². The molecule has 0 fully saturated rings. The number of rotatable bonds is 6. The summed E-state index contributed by atoms with van der Waals surface area (Å²) in [6.07, 6.45) is 1.73. The minimum Gasteiger partial charge on any atom is -0.488 e. The molecule has 4 rings (SSSR count). The molecule has 0 bridgehead atoms. The van der Waals surface area contributed by atoms with Crippen molar-refractivity contribution in [2.45, 2.75) is 13.5 Å². The molecule has 7 heteroatoms. The summed E-state index contributed by atoms with van der Waals surface area (Å²) in [5.74, 6) is -0.897. The number of para-hydroxylation sites is 1. The second-order valence-corrected chi connectivity index (χ2v) is 7.55. The van der Waals surface area contributed by atoms with Crippen LogP contribution >= 0.6 is 11.6 Å². The van der Waals surface area contributed by atoms with E-state index in [0.29, 0.717) is 29.3 Å². The number of anilines is 1. The highest BCUT2D eigenvalue weighted by atomic mass is 35.5. The molecule has 0 saturated heterocycles. The Bertz CT molecular complexity index is 1250. The maximum Gasteiger partial charge on any atom is 0.337 e. The Morgan fingerprint density at radius 2 is 1.81 bits per heavy atom. The van der Waals surface area contributed by atoms with Gasteiger partial charge in [0.1, 0.15) is 12.4 Å².